The number of aromatic nitrogens is 2. The molecule has 0 spiro atoms. The lowest BCUT2D eigenvalue weighted by molar-refractivity contribution is -1.10. The van der Waals surface area contributed by atoms with Crippen LogP contribution in [0, 0.1) is 6.92 Å². The van der Waals surface area contributed by atoms with Gasteiger partial charge in [-0.05, 0) is 16.2 Å². The summed E-state index contributed by atoms with van der Waals surface area (Å²) < 4.78 is 28.2. The minimum Gasteiger partial charge on any atom is -0.241 e. The molecule has 0 aliphatic carbocycles. The summed E-state index contributed by atoms with van der Waals surface area (Å²) in [7, 11) is 0.899. The zero-order valence-electron chi connectivity index (χ0n) is 9.04. The first-order valence-electron chi connectivity index (χ1n) is 4.17. The number of hydroxylamine groups is 3. The summed E-state index contributed by atoms with van der Waals surface area (Å²) in [6.07, 6.45) is 2.64. The van der Waals surface area contributed by atoms with Crippen LogP contribution in [-0.2, 0) is 19.6 Å². The van der Waals surface area contributed by atoms with Gasteiger partial charge < -0.3 is 0 Å². The first-order chi connectivity index (χ1) is 6.72. The van der Waals surface area contributed by atoms with Crippen LogP contribution in [-0.4, -0.2) is 43.2 Å². The number of rotatable bonds is 4. The standard InChI is InChI=1S/C7H14N3O4S/c1-7-8-5-6-9(7)15(11,12)14-13-10(2,3)4/h5-6H,1-4H3/q+1. The Hall–Kier alpha value is -0.960. The normalized spacial score (nSPS) is 13.1. The highest BCUT2D eigenvalue weighted by molar-refractivity contribution is 7.85. The molecule has 0 saturated heterocycles. The second-order valence-corrected chi connectivity index (χ2v) is 5.14. The van der Waals surface area contributed by atoms with E-state index >= 15 is 0 Å². The predicted molar refractivity (Wildman–Crippen MR) is 51.5 cm³/mol. The van der Waals surface area contributed by atoms with Gasteiger partial charge in [-0.15, -0.1) is 0 Å². The first kappa shape index (κ1) is 12.1. The Morgan fingerprint density at radius 3 is 2.40 bits per heavy atom. The molecule has 0 aliphatic rings. The lowest BCUT2D eigenvalue weighted by atomic mass is 10.8. The third-order valence-corrected chi connectivity index (χ3v) is 2.46. The fourth-order valence-electron chi connectivity index (χ4n) is 0.765. The van der Waals surface area contributed by atoms with Gasteiger partial charge in [-0.2, -0.15) is 13.1 Å². The summed E-state index contributed by atoms with van der Waals surface area (Å²) in [6.45, 7) is 1.55. The average molecular weight is 236 g/mol. The van der Waals surface area contributed by atoms with Crippen LogP contribution in [0.3, 0.4) is 0 Å². The van der Waals surface area contributed by atoms with Crippen LogP contribution in [0.1, 0.15) is 5.82 Å². The summed E-state index contributed by atoms with van der Waals surface area (Å²) in [6, 6.07) is 0. The SMILES string of the molecule is Cc1nccn1S(=O)(=O)OO[N+](C)(C)C. The molecule has 0 radical (unpaired) electrons. The van der Waals surface area contributed by atoms with Crippen molar-refractivity contribution in [2.24, 2.45) is 0 Å². The Bertz CT molecular complexity index is 431. The van der Waals surface area contributed by atoms with Crippen LogP contribution in [0.15, 0.2) is 12.4 Å². The summed E-state index contributed by atoms with van der Waals surface area (Å²) in [5.74, 6) is 0.306. The van der Waals surface area contributed by atoms with Gasteiger partial charge in [0.15, 0.2) is 0 Å². The maximum Gasteiger partial charge on any atom is 0.398 e. The van der Waals surface area contributed by atoms with Crippen molar-refractivity contribution in [2.75, 3.05) is 21.1 Å². The molecular formula is C7H14N3O4S+. The zero-order chi connectivity index (χ0) is 11.7. The number of imidazole rings is 1. The van der Waals surface area contributed by atoms with Crippen molar-refractivity contribution >= 4 is 10.3 Å². The lowest BCUT2D eigenvalue weighted by Gasteiger charge is -2.18. The molecule has 0 saturated carbocycles. The molecule has 0 N–H and O–H groups in total. The zero-order valence-corrected chi connectivity index (χ0v) is 9.85. The van der Waals surface area contributed by atoms with E-state index in [9.17, 15) is 8.42 Å². The largest absolute Gasteiger partial charge is 0.398 e. The van der Waals surface area contributed by atoms with Crippen LogP contribution in [0.25, 0.3) is 0 Å². The van der Waals surface area contributed by atoms with Gasteiger partial charge in [0.1, 0.15) is 27.0 Å². The second kappa shape index (κ2) is 3.89. The maximum atomic E-state index is 11.5. The third-order valence-electron chi connectivity index (χ3n) is 1.36. The summed E-state index contributed by atoms with van der Waals surface area (Å²) in [5, 5.41) is 0. The number of quaternary nitrogens is 1. The maximum absolute atomic E-state index is 11.5. The van der Waals surface area contributed by atoms with E-state index in [1.54, 1.807) is 28.1 Å². The van der Waals surface area contributed by atoms with Crippen molar-refractivity contribution in [1.29, 1.82) is 0 Å². The monoisotopic (exact) mass is 236 g/mol. The average Bonchev–Trinajstić information content (AvgIpc) is 2.47. The van der Waals surface area contributed by atoms with E-state index in [4.69, 9.17) is 0 Å². The molecule has 1 aromatic rings. The van der Waals surface area contributed by atoms with Crippen molar-refractivity contribution in [3.8, 4) is 0 Å². The number of hydrogen-bond acceptors (Lipinski definition) is 5. The Balaban J connectivity index is 2.82. The van der Waals surface area contributed by atoms with Gasteiger partial charge in [0.2, 0.25) is 0 Å². The van der Waals surface area contributed by atoms with Gasteiger partial charge >= 0.3 is 10.3 Å². The molecule has 0 bridgehead atoms. The highest BCUT2D eigenvalue weighted by Crippen LogP contribution is 2.06. The molecule has 0 aliphatic heterocycles. The van der Waals surface area contributed by atoms with Gasteiger partial charge in [-0.1, -0.05) is 0 Å². The van der Waals surface area contributed by atoms with Crippen molar-refractivity contribution in [3.05, 3.63) is 18.2 Å². The van der Waals surface area contributed by atoms with E-state index in [0.717, 1.165) is 3.97 Å². The van der Waals surface area contributed by atoms with E-state index in [1.165, 1.54) is 12.4 Å². The first-order valence-corrected chi connectivity index (χ1v) is 5.54. The van der Waals surface area contributed by atoms with Crippen LogP contribution in [0.4, 0.5) is 0 Å². The van der Waals surface area contributed by atoms with Gasteiger partial charge in [-0.25, -0.2) is 8.96 Å². The topological polar surface area (TPSA) is 70.4 Å². The van der Waals surface area contributed by atoms with Crippen LogP contribution in [0.2, 0.25) is 0 Å². The van der Waals surface area contributed by atoms with Gasteiger partial charge in [0.25, 0.3) is 0 Å². The molecular weight excluding hydrogens is 222 g/mol. The van der Waals surface area contributed by atoms with Crippen molar-refractivity contribution < 1.29 is 22.4 Å². The minimum absolute atomic E-state index is 0.0903. The molecule has 0 fully saturated rings. The van der Waals surface area contributed by atoms with Crippen molar-refractivity contribution in [1.82, 2.24) is 8.96 Å². The van der Waals surface area contributed by atoms with Gasteiger partial charge in [-0.3, -0.25) is 0 Å². The second-order valence-electron chi connectivity index (χ2n) is 3.76. The van der Waals surface area contributed by atoms with E-state index in [2.05, 4.69) is 14.3 Å². The van der Waals surface area contributed by atoms with E-state index in [0.29, 0.717) is 5.82 Å². The predicted octanol–water partition coefficient (Wildman–Crippen LogP) is -0.146. The third kappa shape index (κ3) is 3.27. The van der Waals surface area contributed by atoms with Crippen molar-refractivity contribution in [2.45, 2.75) is 6.92 Å². The highest BCUT2D eigenvalue weighted by Gasteiger charge is 2.22. The Morgan fingerprint density at radius 2 is 2.00 bits per heavy atom. The van der Waals surface area contributed by atoms with Crippen LogP contribution >= 0.6 is 0 Å². The fourth-order valence-corrected chi connectivity index (χ4v) is 1.66. The summed E-state index contributed by atoms with van der Waals surface area (Å²) in [5.41, 5.74) is 0. The Labute approximate surface area is 88.6 Å². The molecule has 0 amide bonds. The molecule has 8 heteroatoms. The van der Waals surface area contributed by atoms with E-state index in [-0.39, 0.29) is 4.65 Å². The molecule has 15 heavy (non-hydrogen) atoms. The number of nitrogens with zero attached hydrogens (tertiary/aromatic N) is 3. The smallest absolute Gasteiger partial charge is 0.241 e. The number of hydrogen-bond donors (Lipinski definition) is 0. The molecule has 0 atom stereocenters. The van der Waals surface area contributed by atoms with Crippen LogP contribution in [0.5, 0.6) is 0 Å². The molecule has 7 nitrogen and oxygen atoms in total. The highest BCUT2D eigenvalue weighted by atomic mass is 32.2. The fraction of sp³-hybridized carbons (Fsp3) is 0.571. The van der Waals surface area contributed by atoms with Gasteiger partial charge in [0.05, 0.1) is 0 Å². The molecule has 0 unspecified atom stereocenters. The minimum atomic E-state index is -3.96. The summed E-state index contributed by atoms with van der Waals surface area (Å²) in [4.78, 5) is 8.44. The quantitative estimate of drug-likeness (QED) is 0.413. The molecule has 1 aromatic heterocycles. The molecule has 1 rings (SSSR count). The molecule has 0 aromatic carbocycles. The number of aryl methyl sites for hydroxylation is 1. The molecule has 1 heterocycles. The summed E-state index contributed by atoms with van der Waals surface area (Å²) >= 11 is 0. The van der Waals surface area contributed by atoms with E-state index < -0.39 is 10.3 Å². The molecule has 86 valence electrons. The Kier molecular flexibility index (Phi) is 3.14. The lowest BCUT2D eigenvalue weighted by Crippen LogP contribution is -2.36. The van der Waals surface area contributed by atoms with E-state index in [1.807, 2.05) is 0 Å². The van der Waals surface area contributed by atoms with Crippen LogP contribution < -0.4 is 0 Å². The van der Waals surface area contributed by atoms with Gasteiger partial charge in [0, 0.05) is 12.4 Å². The van der Waals surface area contributed by atoms with Crippen molar-refractivity contribution in [3.63, 3.8) is 0 Å². The Morgan fingerprint density at radius 1 is 1.40 bits per heavy atom.